The fourth-order valence-corrected chi connectivity index (χ4v) is 1.71. The van der Waals surface area contributed by atoms with Crippen LogP contribution < -0.4 is 16.6 Å². The number of nitrogen functional groups attached to an aromatic ring is 1. The van der Waals surface area contributed by atoms with Crippen molar-refractivity contribution in [2.45, 2.75) is 33.2 Å². The maximum absolute atomic E-state index is 11.9. The highest BCUT2D eigenvalue weighted by atomic mass is 16.1. The first-order valence-electron chi connectivity index (χ1n) is 5.76. The van der Waals surface area contributed by atoms with Gasteiger partial charge in [0.1, 0.15) is 5.69 Å². The molecule has 0 aliphatic carbocycles. The first-order valence-corrected chi connectivity index (χ1v) is 5.76. The van der Waals surface area contributed by atoms with Crippen LogP contribution >= 0.6 is 0 Å². The van der Waals surface area contributed by atoms with E-state index >= 15 is 0 Å². The summed E-state index contributed by atoms with van der Waals surface area (Å²) in [6.07, 6.45) is 2.50. The predicted molar refractivity (Wildman–Crippen MR) is 68.4 cm³/mol. The highest BCUT2D eigenvalue weighted by molar-refractivity contribution is 5.93. The van der Waals surface area contributed by atoms with Gasteiger partial charge in [0.05, 0.1) is 5.69 Å². The number of anilines is 1. The first kappa shape index (κ1) is 13.4. The molecule has 0 bridgehead atoms. The van der Waals surface area contributed by atoms with Gasteiger partial charge in [0, 0.05) is 12.2 Å². The minimum Gasteiger partial charge on any atom is -0.348 e. The average Bonchev–Trinajstić information content (AvgIpc) is 2.27. The summed E-state index contributed by atoms with van der Waals surface area (Å²) in [5, 5.41) is 2.91. The SMILES string of the molecule is CC(C)CC(C)NC(=O)c1cc(NN)ccn1. The van der Waals surface area contributed by atoms with Crippen LogP contribution in [0.3, 0.4) is 0 Å². The van der Waals surface area contributed by atoms with Gasteiger partial charge in [-0.15, -0.1) is 0 Å². The van der Waals surface area contributed by atoms with Crippen molar-refractivity contribution >= 4 is 11.6 Å². The lowest BCUT2D eigenvalue weighted by molar-refractivity contribution is 0.0931. The van der Waals surface area contributed by atoms with Gasteiger partial charge in [-0.25, -0.2) is 0 Å². The van der Waals surface area contributed by atoms with E-state index in [4.69, 9.17) is 5.84 Å². The number of carbonyl (C=O) groups excluding carboxylic acids is 1. The third-order valence-electron chi connectivity index (χ3n) is 2.36. The molecule has 5 heteroatoms. The first-order chi connectivity index (χ1) is 8.02. The van der Waals surface area contributed by atoms with Crippen LogP contribution in [0.25, 0.3) is 0 Å². The molecule has 0 fully saturated rings. The molecule has 94 valence electrons. The molecule has 1 amide bonds. The van der Waals surface area contributed by atoms with E-state index < -0.39 is 0 Å². The Labute approximate surface area is 102 Å². The van der Waals surface area contributed by atoms with Crippen molar-refractivity contribution in [1.29, 1.82) is 0 Å². The fourth-order valence-electron chi connectivity index (χ4n) is 1.71. The summed E-state index contributed by atoms with van der Waals surface area (Å²) in [4.78, 5) is 15.9. The average molecular weight is 236 g/mol. The fraction of sp³-hybridized carbons (Fsp3) is 0.500. The molecule has 4 N–H and O–H groups in total. The van der Waals surface area contributed by atoms with Crippen LogP contribution in [-0.2, 0) is 0 Å². The summed E-state index contributed by atoms with van der Waals surface area (Å²) >= 11 is 0. The van der Waals surface area contributed by atoms with Crippen LogP contribution in [0.5, 0.6) is 0 Å². The maximum Gasteiger partial charge on any atom is 0.270 e. The van der Waals surface area contributed by atoms with Gasteiger partial charge in [-0.1, -0.05) is 13.8 Å². The third-order valence-corrected chi connectivity index (χ3v) is 2.36. The summed E-state index contributed by atoms with van der Waals surface area (Å²) in [5.74, 6) is 5.66. The number of nitrogens with one attached hydrogen (secondary N) is 2. The second-order valence-electron chi connectivity index (χ2n) is 4.58. The molecule has 1 aromatic heterocycles. The van der Waals surface area contributed by atoms with Crippen LogP contribution in [0, 0.1) is 5.92 Å². The van der Waals surface area contributed by atoms with E-state index in [1.54, 1.807) is 18.3 Å². The molecule has 0 saturated carbocycles. The number of hydrogen-bond acceptors (Lipinski definition) is 4. The molecule has 0 aromatic carbocycles. The van der Waals surface area contributed by atoms with Crippen LogP contribution in [0.1, 0.15) is 37.7 Å². The van der Waals surface area contributed by atoms with E-state index in [-0.39, 0.29) is 11.9 Å². The van der Waals surface area contributed by atoms with E-state index in [9.17, 15) is 4.79 Å². The summed E-state index contributed by atoms with van der Waals surface area (Å²) in [5.41, 5.74) is 3.53. The standard InChI is InChI=1S/C12H20N4O/c1-8(2)6-9(3)15-12(17)11-7-10(16-13)4-5-14-11/h4-5,7-9H,6,13H2,1-3H3,(H,14,16)(H,15,17). The van der Waals surface area contributed by atoms with Gasteiger partial charge < -0.3 is 10.7 Å². The van der Waals surface area contributed by atoms with Gasteiger partial charge in [-0.05, 0) is 31.4 Å². The predicted octanol–water partition coefficient (Wildman–Crippen LogP) is 1.53. The lowest BCUT2D eigenvalue weighted by atomic mass is 10.1. The number of carbonyl (C=O) groups is 1. The van der Waals surface area contributed by atoms with Gasteiger partial charge in [0.15, 0.2) is 0 Å². The molecule has 0 saturated heterocycles. The second-order valence-corrected chi connectivity index (χ2v) is 4.58. The van der Waals surface area contributed by atoms with E-state index in [1.165, 1.54) is 0 Å². The van der Waals surface area contributed by atoms with Crippen molar-refractivity contribution < 1.29 is 4.79 Å². The van der Waals surface area contributed by atoms with E-state index in [2.05, 4.69) is 29.6 Å². The number of amides is 1. The van der Waals surface area contributed by atoms with E-state index in [0.717, 1.165) is 6.42 Å². The van der Waals surface area contributed by atoms with Gasteiger partial charge in [-0.2, -0.15) is 0 Å². The van der Waals surface area contributed by atoms with Crippen LogP contribution in [0.2, 0.25) is 0 Å². The maximum atomic E-state index is 11.9. The molecule has 1 aromatic rings. The summed E-state index contributed by atoms with van der Waals surface area (Å²) in [7, 11) is 0. The van der Waals surface area contributed by atoms with Gasteiger partial charge in [-0.3, -0.25) is 15.6 Å². The Kier molecular flexibility index (Phi) is 4.90. The molecule has 1 heterocycles. The zero-order valence-electron chi connectivity index (χ0n) is 10.5. The molecule has 0 aliphatic rings. The summed E-state index contributed by atoms with van der Waals surface area (Å²) in [6.45, 7) is 6.24. The largest absolute Gasteiger partial charge is 0.348 e. The second kappa shape index (κ2) is 6.20. The quantitative estimate of drug-likeness (QED) is 0.535. The Bertz CT molecular complexity index is 379. The van der Waals surface area contributed by atoms with Crippen molar-refractivity contribution in [1.82, 2.24) is 10.3 Å². The minimum atomic E-state index is -0.171. The molecular formula is C12H20N4O. The van der Waals surface area contributed by atoms with Gasteiger partial charge in [0.2, 0.25) is 0 Å². The Balaban J connectivity index is 2.63. The van der Waals surface area contributed by atoms with Crippen LogP contribution in [-0.4, -0.2) is 16.9 Å². The number of aromatic nitrogens is 1. The molecule has 0 spiro atoms. The third kappa shape index (κ3) is 4.40. The van der Waals surface area contributed by atoms with Crippen molar-refractivity contribution in [3.05, 3.63) is 24.0 Å². The molecule has 1 unspecified atom stereocenters. The molecule has 0 aliphatic heterocycles. The van der Waals surface area contributed by atoms with Crippen molar-refractivity contribution in [2.75, 3.05) is 5.43 Å². The van der Waals surface area contributed by atoms with Gasteiger partial charge >= 0.3 is 0 Å². The molecule has 1 rings (SSSR count). The highest BCUT2D eigenvalue weighted by Gasteiger charge is 2.12. The van der Waals surface area contributed by atoms with E-state index in [1.807, 2.05) is 6.92 Å². The molecule has 17 heavy (non-hydrogen) atoms. The topological polar surface area (TPSA) is 80.0 Å². The van der Waals surface area contributed by atoms with Gasteiger partial charge in [0.25, 0.3) is 5.91 Å². The molecule has 0 radical (unpaired) electrons. The Hall–Kier alpha value is -1.62. The zero-order valence-corrected chi connectivity index (χ0v) is 10.5. The number of rotatable bonds is 5. The highest BCUT2D eigenvalue weighted by Crippen LogP contribution is 2.08. The molecular weight excluding hydrogens is 216 g/mol. The summed E-state index contributed by atoms with van der Waals surface area (Å²) < 4.78 is 0. The van der Waals surface area contributed by atoms with Crippen molar-refractivity contribution in [2.24, 2.45) is 11.8 Å². The lowest BCUT2D eigenvalue weighted by Crippen LogP contribution is -2.34. The zero-order chi connectivity index (χ0) is 12.8. The smallest absolute Gasteiger partial charge is 0.270 e. The number of nitrogens with zero attached hydrogens (tertiary/aromatic N) is 1. The number of pyridine rings is 1. The number of hydrogen-bond donors (Lipinski definition) is 3. The van der Waals surface area contributed by atoms with E-state index in [0.29, 0.717) is 17.3 Å². The Morgan fingerprint density at radius 2 is 2.18 bits per heavy atom. The normalized spacial score (nSPS) is 12.3. The van der Waals surface area contributed by atoms with Crippen molar-refractivity contribution in [3.8, 4) is 0 Å². The Morgan fingerprint density at radius 1 is 1.47 bits per heavy atom. The monoisotopic (exact) mass is 236 g/mol. The summed E-state index contributed by atoms with van der Waals surface area (Å²) in [6, 6.07) is 3.46. The van der Waals surface area contributed by atoms with Crippen LogP contribution in [0.15, 0.2) is 18.3 Å². The lowest BCUT2D eigenvalue weighted by Gasteiger charge is -2.15. The molecule has 5 nitrogen and oxygen atoms in total. The Morgan fingerprint density at radius 3 is 2.76 bits per heavy atom. The number of hydrazine groups is 1. The van der Waals surface area contributed by atoms with Crippen molar-refractivity contribution in [3.63, 3.8) is 0 Å². The molecule has 1 atom stereocenters. The van der Waals surface area contributed by atoms with Crippen LogP contribution in [0.4, 0.5) is 5.69 Å². The number of nitrogens with two attached hydrogens (primary N) is 1. The minimum absolute atomic E-state index is 0.138.